The topological polar surface area (TPSA) is 126 Å². The molecule has 0 aliphatic carbocycles. The Labute approximate surface area is 194 Å². The van der Waals surface area contributed by atoms with Crippen LogP contribution in [-0.2, 0) is 9.53 Å². The first-order valence-corrected chi connectivity index (χ1v) is 11.6. The van der Waals surface area contributed by atoms with Crippen LogP contribution in [0.1, 0.15) is 88.8 Å². The van der Waals surface area contributed by atoms with Crippen molar-refractivity contribution in [3.8, 4) is 0 Å². The summed E-state index contributed by atoms with van der Waals surface area (Å²) in [5, 5.41) is 11.5. The average molecular weight is 457 g/mol. The maximum absolute atomic E-state index is 13.0. The van der Waals surface area contributed by atoms with Crippen molar-refractivity contribution in [3.05, 3.63) is 51.2 Å². The Hall–Kier alpha value is -3.32. The van der Waals surface area contributed by atoms with Gasteiger partial charge in [0.05, 0.1) is 17.1 Å². The number of carbonyl (C=O) groups is 2. The number of hydrogen-bond donors (Lipinski definition) is 0. The first-order chi connectivity index (χ1) is 16.0. The second kappa shape index (κ2) is 13.3. The Bertz CT molecular complexity index is 937. The van der Waals surface area contributed by atoms with Crippen molar-refractivity contribution in [2.75, 3.05) is 6.61 Å². The minimum absolute atomic E-state index is 0.107. The molecule has 0 saturated heterocycles. The number of unbranched alkanes of at least 4 members (excludes halogenated alkanes) is 7. The minimum Gasteiger partial charge on any atom is -0.449 e. The van der Waals surface area contributed by atoms with E-state index in [4.69, 9.17) is 4.74 Å². The number of ketones is 1. The van der Waals surface area contributed by atoms with Gasteiger partial charge in [-0.25, -0.2) is 4.79 Å². The van der Waals surface area contributed by atoms with Gasteiger partial charge >= 0.3 is 11.8 Å². The number of Topliss-reactive ketones (excluding diaryl/α,β-unsaturated/α-hetero) is 1. The number of nitrogens with zero attached hydrogens (tertiary/aromatic N) is 4. The van der Waals surface area contributed by atoms with Crippen LogP contribution in [0.3, 0.4) is 0 Å². The van der Waals surface area contributed by atoms with E-state index in [1.165, 1.54) is 50.1 Å². The second-order valence-corrected chi connectivity index (χ2v) is 7.99. The maximum Gasteiger partial charge on any atom is 0.414 e. The van der Waals surface area contributed by atoms with Crippen LogP contribution in [0.2, 0.25) is 0 Å². The van der Waals surface area contributed by atoms with Gasteiger partial charge in [0, 0.05) is 24.3 Å². The summed E-state index contributed by atoms with van der Waals surface area (Å²) in [6.45, 7) is 3.93. The number of fused-ring (bicyclic) bond motifs is 1. The lowest BCUT2D eigenvalue weighted by Gasteiger charge is -2.29. The zero-order valence-corrected chi connectivity index (χ0v) is 19.4. The van der Waals surface area contributed by atoms with E-state index in [0.29, 0.717) is 12.0 Å². The molecule has 1 amide bonds. The number of carbonyl (C=O) groups excluding carboxylic acids is 2. The van der Waals surface area contributed by atoms with E-state index in [2.05, 4.69) is 11.7 Å². The molecule has 0 fully saturated rings. The number of rotatable bonds is 13. The highest BCUT2D eigenvalue weighted by Gasteiger charge is 2.43. The number of benzene rings is 1. The molecule has 0 spiro atoms. The third-order valence-corrected chi connectivity index (χ3v) is 5.68. The molecule has 178 valence electrons. The Morgan fingerprint density at radius 2 is 1.79 bits per heavy atom. The molecule has 2 rings (SSSR count). The second-order valence-electron chi connectivity index (χ2n) is 7.99. The Balaban J connectivity index is 2.20. The van der Waals surface area contributed by atoms with Crippen LogP contribution in [0, 0.1) is 10.1 Å². The molecule has 1 unspecified atom stereocenters. The fourth-order valence-electron chi connectivity index (χ4n) is 3.99. The monoisotopic (exact) mass is 456 g/mol. The number of hydrogen-bond acceptors (Lipinski definition) is 5. The number of amides is 1. The van der Waals surface area contributed by atoms with Gasteiger partial charge in [-0.05, 0) is 19.4 Å². The largest absolute Gasteiger partial charge is 0.449 e. The predicted octanol–water partition coefficient (Wildman–Crippen LogP) is 5.85. The van der Waals surface area contributed by atoms with Crippen molar-refractivity contribution >= 4 is 29.4 Å². The summed E-state index contributed by atoms with van der Waals surface area (Å²) in [5.74, 6) is -0.407. The molecule has 1 aromatic rings. The summed E-state index contributed by atoms with van der Waals surface area (Å²) in [5.41, 5.74) is 9.92. The van der Waals surface area contributed by atoms with Gasteiger partial charge in [-0.1, -0.05) is 64.0 Å². The number of nitro groups is 1. The van der Waals surface area contributed by atoms with Crippen LogP contribution < -0.4 is 0 Å². The summed E-state index contributed by atoms with van der Waals surface area (Å²) in [6.07, 6.45) is 10.7. The van der Waals surface area contributed by atoms with E-state index in [1.807, 2.05) is 0 Å². The molecule has 1 aromatic carbocycles. The molecule has 0 bridgehead atoms. The van der Waals surface area contributed by atoms with Crippen LogP contribution >= 0.6 is 0 Å². The third kappa shape index (κ3) is 6.83. The maximum atomic E-state index is 13.0. The van der Waals surface area contributed by atoms with Gasteiger partial charge in [-0.15, -0.1) is 0 Å². The van der Waals surface area contributed by atoms with Gasteiger partial charge in [0.15, 0.2) is 6.04 Å². The summed E-state index contributed by atoms with van der Waals surface area (Å²) >= 11 is 0. The summed E-state index contributed by atoms with van der Waals surface area (Å²) in [6, 6.07) is 3.29. The van der Waals surface area contributed by atoms with Crippen LogP contribution in [0.15, 0.2) is 24.4 Å². The Morgan fingerprint density at radius 3 is 2.39 bits per heavy atom. The van der Waals surface area contributed by atoms with E-state index in [0.717, 1.165) is 24.2 Å². The van der Waals surface area contributed by atoms with Crippen LogP contribution in [0.25, 0.3) is 11.6 Å². The van der Waals surface area contributed by atoms with Crippen molar-refractivity contribution in [1.82, 2.24) is 4.90 Å². The van der Waals surface area contributed by atoms with Gasteiger partial charge in [-0.2, -0.15) is 4.79 Å². The van der Waals surface area contributed by atoms with E-state index >= 15 is 0 Å². The third-order valence-electron chi connectivity index (χ3n) is 5.68. The molecular formula is C24H32N4O5. The van der Waals surface area contributed by atoms with Crippen molar-refractivity contribution < 1.29 is 24.0 Å². The molecule has 1 atom stereocenters. The Kier molecular flexibility index (Phi) is 10.4. The highest BCUT2D eigenvalue weighted by Crippen LogP contribution is 2.36. The highest BCUT2D eigenvalue weighted by atomic mass is 16.6. The lowest BCUT2D eigenvalue weighted by molar-refractivity contribution is -0.385. The quantitative estimate of drug-likeness (QED) is 0.0919. The molecule has 0 saturated carbocycles. The molecule has 33 heavy (non-hydrogen) atoms. The average Bonchev–Trinajstić information content (AvgIpc) is 2.80. The molecule has 9 heteroatoms. The molecular weight excluding hydrogens is 424 g/mol. The van der Waals surface area contributed by atoms with Crippen molar-refractivity contribution in [3.63, 3.8) is 0 Å². The van der Waals surface area contributed by atoms with Gasteiger partial charge in [-0.3, -0.25) is 19.8 Å². The van der Waals surface area contributed by atoms with Crippen LogP contribution in [0.5, 0.6) is 0 Å². The van der Waals surface area contributed by atoms with Gasteiger partial charge < -0.3 is 10.3 Å². The van der Waals surface area contributed by atoms with E-state index in [9.17, 15) is 25.2 Å². The van der Waals surface area contributed by atoms with Gasteiger partial charge in [0.2, 0.25) is 5.78 Å². The predicted molar refractivity (Wildman–Crippen MR) is 125 cm³/mol. The van der Waals surface area contributed by atoms with E-state index in [1.54, 1.807) is 13.0 Å². The normalized spacial score (nSPS) is 14.4. The molecule has 9 nitrogen and oxygen atoms in total. The van der Waals surface area contributed by atoms with Gasteiger partial charge in [0.25, 0.3) is 5.69 Å². The molecule has 1 aliphatic heterocycles. The molecule has 0 N–H and O–H groups in total. The smallest absolute Gasteiger partial charge is 0.414 e. The van der Waals surface area contributed by atoms with Crippen molar-refractivity contribution in [1.29, 1.82) is 0 Å². The first kappa shape index (κ1) is 25.9. The first-order valence-electron chi connectivity index (χ1n) is 11.6. The number of ether oxygens (including phenoxy) is 1. The lowest BCUT2D eigenvalue weighted by atomic mass is 9.89. The fraction of sp³-hybridized carbons (Fsp3) is 0.542. The van der Waals surface area contributed by atoms with E-state index < -0.39 is 22.8 Å². The molecule has 0 aromatic heterocycles. The standard InChI is InChI=1S/C24H32N4O5/c1-3-5-6-7-8-9-10-11-15-21(29)22(26-25)23-19-13-12-14-20(28(31)32)18(19)16-17-27(23)24(30)33-4-2/h12-14,16-17,23H,3-11,15H2,1-2H3. The molecule has 1 heterocycles. The SMILES string of the molecule is CCCCCCCCCCC(=O)C(=[N+]=[N-])C1c2cccc([N+](=O)[O-])c2C=CN1C(=O)OCC. The highest BCUT2D eigenvalue weighted by molar-refractivity contribution is 6.39. The summed E-state index contributed by atoms with van der Waals surface area (Å²) in [4.78, 5) is 40.9. The van der Waals surface area contributed by atoms with Crippen molar-refractivity contribution in [2.24, 2.45) is 0 Å². The van der Waals surface area contributed by atoms with E-state index in [-0.39, 0.29) is 30.0 Å². The van der Waals surface area contributed by atoms with Gasteiger partial charge in [0.1, 0.15) is 0 Å². The lowest BCUT2D eigenvalue weighted by Crippen LogP contribution is -2.40. The zero-order valence-electron chi connectivity index (χ0n) is 19.4. The Morgan fingerprint density at radius 1 is 1.12 bits per heavy atom. The van der Waals surface area contributed by atoms with Crippen molar-refractivity contribution in [2.45, 2.75) is 77.7 Å². The van der Waals surface area contributed by atoms with Crippen LogP contribution in [-0.4, -0.2) is 38.8 Å². The molecule has 0 radical (unpaired) electrons. The van der Waals surface area contributed by atoms with Crippen LogP contribution in [0.4, 0.5) is 10.5 Å². The fourth-order valence-corrected chi connectivity index (χ4v) is 3.99. The number of nitro benzene ring substituents is 1. The zero-order chi connectivity index (χ0) is 24.2. The molecule has 1 aliphatic rings. The minimum atomic E-state index is -1.12. The summed E-state index contributed by atoms with van der Waals surface area (Å²) < 4.78 is 5.09. The summed E-state index contributed by atoms with van der Waals surface area (Å²) in [7, 11) is 0.